The molecule has 2 aliphatic carbocycles. The lowest BCUT2D eigenvalue weighted by Gasteiger charge is -2.38. The van der Waals surface area contributed by atoms with Crippen LogP contribution < -0.4 is 0 Å². The number of rotatable bonds is 3. The van der Waals surface area contributed by atoms with Gasteiger partial charge in [-0.25, -0.2) is 0 Å². The SMILES string of the molecule is CCC1CCC(C(=O)C2CCOC3(CCCC3)C2)C1. The molecule has 2 saturated carbocycles. The van der Waals surface area contributed by atoms with E-state index in [4.69, 9.17) is 4.74 Å². The first-order valence-electron chi connectivity index (χ1n) is 8.40. The fourth-order valence-corrected chi connectivity index (χ4v) is 4.68. The minimum Gasteiger partial charge on any atom is -0.375 e. The summed E-state index contributed by atoms with van der Waals surface area (Å²) in [5.41, 5.74) is 0.0986. The van der Waals surface area contributed by atoms with Crippen LogP contribution >= 0.6 is 0 Å². The second-order valence-corrected chi connectivity index (χ2v) is 7.11. The summed E-state index contributed by atoms with van der Waals surface area (Å²) in [6.07, 6.45) is 11.8. The highest BCUT2D eigenvalue weighted by Gasteiger charge is 2.43. The zero-order chi connectivity index (χ0) is 13.3. The summed E-state index contributed by atoms with van der Waals surface area (Å²) < 4.78 is 6.06. The smallest absolute Gasteiger partial charge is 0.139 e. The molecule has 1 saturated heterocycles. The number of ketones is 1. The fourth-order valence-electron chi connectivity index (χ4n) is 4.68. The normalized spacial score (nSPS) is 37.8. The maximum Gasteiger partial charge on any atom is 0.139 e. The summed E-state index contributed by atoms with van der Waals surface area (Å²) >= 11 is 0. The lowest BCUT2D eigenvalue weighted by molar-refractivity contribution is -0.139. The molecule has 3 atom stereocenters. The molecule has 0 N–H and O–H groups in total. The van der Waals surface area contributed by atoms with E-state index in [9.17, 15) is 4.79 Å². The van der Waals surface area contributed by atoms with Crippen molar-refractivity contribution in [2.24, 2.45) is 17.8 Å². The van der Waals surface area contributed by atoms with E-state index in [1.807, 2.05) is 0 Å². The zero-order valence-electron chi connectivity index (χ0n) is 12.3. The number of ether oxygens (including phenoxy) is 1. The van der Waals surface area contributed by atoms with Gasteiger partial charge in [0.25, 0.3) is 0 Å². The monoisotopic (exact) mass is 264 g/mol. The zero-order valence-corrected chi connectivity index (χ0v) is 12.3. The third-order valence-corrected chi connectivity index (χ3v) is 5.93. The van der Waals surface area contributed by atoms with E-state index in [1.165, 1.54) is 44.9 Å². The molecule has 108 valence electrons. The molecule has 3 unspecified atom stereocenters. The molecule has 2 nitrogen and oxygen atoms in total. The van der Waals surface area contributed by atoms with Gasteiger partial charge in [0.05, 0.1) is 5.60 Å². The van der Waals surface area contributed by atoms with E-state index < -0.39 is 0 Å². The van der Waals surface area contributed by atoms with Crippen LogP contribution in [0.2, 0.25) is 0 Å². The van der Waals surface area contributed by atoms with Gasteiger partial charge in [-0.1, -0.05) is 26.2 Å². The second kappa shape index (κ2) is 5.55. The third-order valence-electron chi connectivity index (χ3n) is 5.93. The number of hydrogen-bond acceptors (Lipinski definition) is 2. The molecule has 0 aromatic rings. The van der Waals surface area contributed by atoms with Gasteiger partial charge < -0.3 is 4.74 Å². The molecule has 0 bridgehead atoms. The number of carbonyl (C=O) groups is 1. The second-order valence-electron chi connectivity index (χ2n) is 7.11. The molecule has 1 spiro atoms. The highest BCUT2D eigenvalue weighted by atomic mass is 16.5. The van der Waals surface area contributed by atoms with Crippen molar-refractivity contribution in [3.63, 3.8) is 0 Å². The van der Waals surface area contributed by atoms with Crippen molar-refractivity contribution in [1.82, 2.24) is 0 Å². The van der Waals surface area contributed by atoms with Gasteiger partial charge in [-0.3, -0.25) is 4.79 Å². The average Bonchev–Trinajstić information content (AvgIpc) is 3.07. The quantitative estimate of drug-likeness (QED) is 0.766. The van der Waals surface area contributed by atoms with Gasteiger partial charge in [-0.05, 0) is 50.9 Å². The van der Waals surface area contributed by atoms with Crippen molar-refractivity contribution in [2.75, 3.05) is 6.61 Å². The Balaban J connectivity index is 1.60. The van der Waals surface area contributed by atoms with Crippen molar-refractivity contribution < 1.29 is 9.53 Å². The van der Waals surface area contributed by atoms with Crippen LogP contribution in [0.3, 0.4) is 0 Å². The lowest BCUT2D eigenvalue weighted by Crippen LogP contribution is -2.41. The molecule has 3 aliphatic rings. The molecule has 19 heavy (non-hydrogen) atoms. The van der Waals surface area contributed by atoms with Crippen LogP contribution in [0.15, 0.2) is 0 Å². The molecule has 1 aliphatic heterocycles. The van der Waals surface area contributed by atoms with Crippen molar-refractivity contribution in [1.29, 1.82) is 0 Å². The number of Topliss-reactive ketones (excluding diaryl/α,β-unsaturated/α-hetero) is 1. The van der Waals surface area contributed by atoms with Crippen LogP contribution in [-0.2, 0) is 9.53 Å². The van der Waals surface area contributed by atoms with Crippen LogP contribution in [0.1, 0.15) is 71.1 Å². The Hall–Kier alpha value is -0.370. The average molecular weight is 264 g/mol. The predicted octanol–water partition coefficient (Wildman–Crippen LogP) is 4.12. The van der Waals surface area contributed by atoms with E-state index in [0.717, 1.165) is 31.8 Å². The summed E-state index contributed by atoms with van der Waals surface area (Å²) in [4.78, 5) is 12.7. The summed E-state index contributed by atoms with van der Waals surface area (Å²) in [6.45, 7) is 3.08. The van der Waals surface area contributed by atoms with Gasteiger partial charge in [-0.2, -0.15) is 0 Å². The van der Waals surface area contributed by atoms with Crippen molar-refractivity contribution in [2.45, 2.75) is 76.7 Å². The molecule has 0 radical (unpaired) electrons. The van der Waals surface area contributed by atoms with Crippen LogP contribution in [0.25, 0.3) is 0 Å². The highest BCUT2D eigenvalue weighted by molar-refractivity contribution is 5.83. The Morgan fingerprint density at radius 1 is 1.16 bits per heavy atom. The van der Waals surface area contributed by atoms with Gasteiger partial charge in [-0.15, -0.1) is 0 Å². The number of carbonyl (C=O) groups excluding carboxylic acids is 1. The summed E-state index contributed by atoms with van der Waals surface area (Å²) in [7, 11) is 0. The molecule has 3 rings (SSSR count). The summed E-state index contributed by atoms with van der Waals surface area (Å²) in [6, 6.07) is 0. The van der Waals surface area contributed by atoms with Crippen molar-refractivity contribution in [3.05, 3.63) is 0 Å². The van der Waals surface area contributed by atoms with Crippen LogP contribution in [0.4, 0.5) is 0 Å². The molecule has 0 aromatic heterocycles. The number of hydrogen-bond donors (Lipinski definition) is 0. The Morgan fingerprint density at radius 2 is 1.95 bits per heavy atom. The minimum atomic E-state index is 0.0986. The highest BCUT2D eigenvalue weighted by Crippen LogP contribution is 2.44. The van der Waals surface area contributed by atoms with E-state index in [0.29, 0.717) is 17.6 Å². The standard InChI is InChI=1S/C17H28O2/c1-2-13-5-6-14(11-13)16(18)15-7-10-19-17(12-15)8-3-4-9-17/h13-15H,2-12H2,1H3. The summed E-state index contributed by atoms with van der Waals surface area (Å²) in [5, 5.41) is 0. The third kappa shape index (κ3) is 2.74. The Morgan fingerprint density at radius 3 is 2.63 bits per heavy atom. The molecular formula is C17H28O2. The topological polar surface area (TPSA) is 26.3 Å². The van der Waals surface area contributed by atoms with Gasteiger partial charge in [0, 0.05) is 18.4 Å². The Kier molecular flexibility index (Phi) is 3.98. The first-order valence-corrected chi connectivity index (χ1v) is 8.40. The fraction of sp³-hybridized carbons (Fsp3) is 0.941. The van der Waals surface area contributed by atoms with E-state index in [1.54, 1.807) is 0 Å². The minimum absolute atomic E-state index is 0.0986. The Labute approximate surface area is 117 Å². The molecule has 1 heterocycles. The lowest BCUT2D eigenvalue weighted by atomic mass is 9.78. The van der Waals surface area contributed by atoms with E-state index >= 15 is 0 Å². The Bertz CT molecular complexity index is 330. The molecule has 2 heteroatoms. The van der Waals surface area contributed by atoms with Gasteiger partial charge in [0.1, 0.15) is 5.78 Å². The van der Waals surface area contributed by atoms with Crippen LogP contribution in [-0.4, -0.2) is 18.0 Å². The summed E-state index contributed by atoms with van der Waals surface area (Å²) in [5.74, 6) is 2.10. The van der Waals surface area contributed by atoms with Crippen molar-refractivity contribution >= 4 is 5.78 Å². The first kappa shape index (κ1) is 13.6. The van der Waals surface area contributed by atoms with Gasteiger partial charge in [0.15, 0.2) is 0 Å². The molecule has 0 aromatic carbocycles. The van der Waals surface area contributed by atoms with Crippen LogP contribution in [0.5, 0.6) is 0 Å². The van der Waals surface area contributed by atoms with Crippen molar-refractivity contribution in [3.8, 4) is 0 Å². The molecule has 0 amide bonds. The van der Waals surface area contributed by atoms with E-state index in [-0.39, 0.29) is 5.60 Å². The first-order chi connectivity index (χ1) is 9.22. The van der Waals surface area contributed by atoms with Crippen LogP contribution in [0, 0.1) is 17.8 Å². The maximum atomic E-state index is 12.7. The van der Waals surface area contributed by atoms with E-state index in [2.05, 4.69) is 6.92 Å². The largest absolute Gasteiger partial charge is 0.375 e. The maximum absolute atomic E-state index is 12.7. The molecular weight excluding hydrogens is 236 g/mol. The predicted molar refractivity (Wildman–Crippen MR) is 76.0 cm³/mol. The van der Waals surface area contributed by atoms with Gasteiger partial charge >= 0.3 is 0 Å². The van der Waals surface area contributed by atoms with Gasteiger partial charge in [0.2, 0.25) is 0 Å². The molecule has 3 fully saturated rings.